The number of aromatic nitrogens is 1. The molecule has 19 heavy (non-hydrogen) atoms. The second-order valence-electron chi connectivity index (χ2n) is 4.67. The Balaban J connectivity index is 2.17. The maximum absolute atomic E-state index is 5.67. The molecule has 0 aliphatic carbocycles. The highest BCUT2D eigenvalue weighted by atomic mass is 79.9. The first-order valence-electron chi connectivity index (χ1n) is 6.21. The predicted octanol–water partition coefficient (Wildman–Crippen LogP) is 3.25. The van der Waals surface area contributed by atoms with Gasteiger partial charge in [0.2, 0.25) is 0 Å². The molecule has 0 aliphatic heterocycles. The molecule has 0 fully saturated rings. The fourth-order valence-corrected chi connectivity index (χ4v) is 2.58. The van der Waals surface area contributed by atoms with E-state index in [0.29, 0.717) is 6.54 Å². The van der Waals surface area contributed by atoms with Gasteiger partial charge in [-0.1, -0.05) is 24.3 Å². The van der Waals surface area contributed by atoms with Gasteiger partial charge in [0.15, 0.2) is 0 Å². The molecule has 0 unspecified atom stereocenters. The van der Waals surface area contributed by atoms with E-state index in [4.69, 9.17) is 5.73 Å². The summed E-state index contributed by atoms with van der Waals surface area (Å²) >= 11 is 3.44. The number of rotatable bonds is 4. The van der Waals surface area contributed by atoms with Crippen LogP contribution in [0.5, 0.6) is 0 Å². The molecule has 100 valence electrons. The van der Waals surface area contributed by atoms with Gasteiger partial charge in [0.25, 0.3) is 0 Å². The van der Waals surface area contributed by atoms with Crippen LogP contribution in [0.1, 0.15) is 16.7 Å². The molecule has 0 amide bonds. The lowest BCUT2D eigenvalue weighted by molar-refractivity contribution is 0.886. The van der Waals surface area contributed by atoms with Crippen molar-refractivity contribution in [3.63, 3.8) is 0 Å². The van der Waals surface area contributed by atoms with Gasteiger partial charge in [0, 0.05) is 30.8 Å². The summed E-state index contributed by atoms with van der Waals surface area (Å²) in [5, 5.41) is 0. The van der Waals surface area contributed by atoms with Crippen molar-refractivity contribution in [3.8, 4) is 0 Å². The number of pyridine rings is 1. The summed E-state index contributed by atoms with van der Waals surface area (Å²) < 4.78 is 1.01. The van der Waals surface area contributed by atoms with Crippen molar-refractivity contribution in [1.82, 2.24) is 4.98 Å². The van der Waals surface area contributed by atoms with E-state index in [-0.39, 0.29) is 0 Å². The highest BCUT2D eigenvalue weighted by Gasteiger charge is 2.07. The molecule has 1 heterocycles. The first kappa shape index (κ1) is 14.0. The maximum atomic E-state index is 5.67. The fourth-order valence-electron chi connectivity index (χ4n) is 2.14. The van der Waals surface area contributed by atoms with Crippen molar-refractivity contribution in [1.29, 1.82) is 0 Å². The number of halogens is 1. The van der Waals surface area contributed by atoms with Crippen molar-refractivity contribution in [2.75, 3.05) is 11.9 Å². The number of benzene rings is 1. The van der Waals surface area contributed by atoms with Crippen LogP contribution >= 0.6 is 15.9 Å². The summed E-state index contributed by atoms with van der Waals surface area (Å²) in [6, 6.07) is 10.4. The van der Waals surface area contributed by atoms with Gasteiger partial charge in [-0.05, 0) is 45.6 Å². The number of nitrogens with two attached hydrogens (primary N) is 1. The topological polar surface area (TPSA) is 42.2 Å². The standard InChI is InChI=1S/C15H18BrN3/c1-11-6-14(16)9-18-15(11)19(2)10-13-5-3-4-12(7-13)8-17/h3-7,9H,8,10,17H2,1-2H3. The number of nitrogens with zero attached hydrogens (tertiary/aromatic N) is 2. The van der Waals surface area contributed by atoms with Crippen LogP contribution in [0.2, 0.25) is 0 Å². The summed E-state index contributed by atoms with van der Waals surface area (Å²) in [6.45, 7) is 3.47. The van der Waals surface area contributed by atoms with Crippen molar-refractivity contribution >= 4 is 21.7 Å². The van der Waals surface area contributed by atoms with Gasteiger partial charge >= 0.3 is 0 Å². The zero-order chi connectivity index (χ0) is 13.8. The molecule has 0 atom stereocenters. The molecule has 4 heteroatoms. The van der Waals surface area contributed by atoms with Crippen molar-refractivity contribution < 1.29 is 0 Å². The van der Waals surface area contributed by atoms with Crippen LogP contribution in [0.15, 0.2) is 41.0 Å². The summed E-state index contributed by atoms with van der Waals surface area (Å²) in [6.07, 6.45) is 1.83. The fraction of sp³-hybridized carbons (Fsp3) is 0.267. The van der Waals surface area contributed by atoms with Gasteiger partial charge in [-0.2, -0.15) is 0 Å². The molecular weight excluding hydrogens is 302 g/mol. The quantitative estimate of drug-likeness (QED) is 0.940. The van der Waals surface area contributed by atoms with E-state index in [1.807, 2.05) is 18.3 Å². The zero-order valence-corrected chi connectivity index (χ0v) is 12.8. The lowest BCUT2D eigenvalue weighted by Crippen LogP contribution is -2.19. The van der Waals surface area contributed by atoms with Crippen molar-refractivity contribution in [2.45, 2.75) is 20.0 Å². The molecule has 3 nitrogen and oxygen atoms in total. The Morgan fingerprint density at radius 3 is 2.68 bits per heavy atom. The van der Waals surface area contributed by atoms with Crippen LogP contribution in [-0.4, -0.2) is 12.0 Å². The van der Waals surface area contributed by atoms with Gasteiger partial charge in [-0.25, -0.2) is 4.98 Å². The number of aryl methyl sites for hydroxylation is 1. The monoisotopic (exact) mass is 319 g/mol. The van der Waals surface area contributed by atoms with E-state index < -0.39 is 0 Å². The number of hydrogen-bond donors (Lipinski definition) is 1. The van der Waals surface area contributed by atoms with Crippen LogP contribution in [-0.2, 0) is 13.1 Å². The number of anilines is 1. The second kappa shape index (κ2) is 6.17. The zero-order valence-electron chi connectivity index (χ0n) is 11.2. The van der Waals surface area contributed by atoms with Crippen LogP contribution in [0.4, 0.5) is 5.82 Å². The molecule has 1 aromatic heterocycles. The van der Waals surface area contributed by atoms with Crippen LogP contribution in [0, 0.1) is 6.92 Å². The third-order valence-electron chi connectivity index (χ3n) is 3.03. The first-order chi connectivity index (χ1) is 9.10. The highest BCUT2D eigenvalue weighted by Crippen LogP contribution is 2.21. The van der Waals surface area contributed by atoms with E-state index >= 15 is 0 Å². The Bertz CT molecular complexity index is 569. The van der Waals surface area contributed by atoms with Crippen LogP contribution < -0.4 is 10.6 Å². The van der Waals surface area contributed by atoms with Gasteiger partial charge in [0.1, 0.15) is 5.82 Å². The van der Waals surface area contributed by atoms with Crippen LogP contribution in [0.25, 0.3) is 0 Å². The molecule has 0 bridgehead atoms. The molecule has 0 radical (unpaired) electrons. The van der Waals surface area contributed by atoms with E-state index in [1.54, 1.807) is 0 Å². The first-order valence-corrected chi connectivity index (χ1v) is 7.00. The molecule has 0 saturated carbocycles. The van der Waals surface area contributed by atoms with E-state index in [2.05, 4.69) is 58.0 Å². The predicted molar refractivity (Wildman–Crippen MR) is 83.1 cm³/mol. The van der Waals surface area contributed by atoms with Gasteiger partial charge in [0.05, 0.1) is 0 Å². The van der Waals surface area contributed by atoms with Gasteiger partial charge in [-0.15, -0.1) is 0 Å². The average molecular weight is 320 g/mol. The molecule has 2 rings (SSSR count). The Morgan fingerprint density at radius 1 is 1.26 bits per heavy atom. The molecule has 2 aromatic rings. The molecule has 0 aliphatic rings. The Labute approximate surface area is 122 Å². The average Bonchev–Trinajstić information content (AvgIpc) is 2.38. The van der Waals surface area contributed by atoms with E-state index in [9.17, 15) is 0 Å². The Hall–Kier alpha value is -1.39. The second-order valence-corrected chi connectivity index (χ2v) is 5.59. The smallest absolute Gasteiger partial charge is 0.131 e. The minimum absolute atomic E-state index is 0.577. The Kier molecular flexibility index (Phi) is 4.56. The van der Waals surface area contributed by atoms with Crippen molar-refractivity contribution in [2.24, 2.45) is 5.73 Å². The van der Waals surface area contributed by atoms with E-state index in [0.717, 1.165) is 28.0 Å². The third kappa shape index (κ3) is 3.55. The maximum Gasteiger partial charge on any atom is 0.131 e. The lowest BCUT2D eigenvalue weighted by atomic mass is 10.1. The van der Waals surface area contributed by atoms with Crippen LogP contribution in [0.3, 0.4) is 0 Å². The number of hydrogen-bond acceptors (Lipinski definition) is 3. The Morgan fingerprint density at radius 2 is 2.00 bits per heavy atom. The van der Waals surface area contributed by atoms with Gasteiger partial charge in [-0.3, -0.25) is 0 Å². The molecule has 1 aromatic carbocycles. The SMILES string of the molecule is Cc1cc(Br)cnc1N(C)Cc1cccc(CN)c1. The van der Waals surface area contributed by atoms with Gasteiger partial charge < -0.3 is 10.6 Å². The molecular formula is C15H18BrN3. The highest BCUT2D eigenvalue weighted by molar-refractivity contribution is 9.10. The summed E-state index contributed by atoms with van der Waals surface area (Å²) in [5.41, 5.74) is 9.23. The van der Waals surface area contributed by atoms with E-state index in [1.165, 1.54) is 5.56 Å². The third-order valence-corrected chi connectivity index (χ3v) is 3.46. The lowest BCUT2D eigenvalue weighted by Gasteiger charge is -2.20. The minimum Gasteiger partial charge on any atom is -0.355 e. The molecule has 0 spiro atoms. The minimum atomic E-state index is 0.577. The normalized spacial score (nSPS) is 10.5. The molecule has 0 saturated heterocycles. The van der Waals surface area contributed by atoms with Crippen molar-refractivity contribution in [3.05, 3.63) is 57.7 Å². The molecule has 2 N–H and O–H groups in total. The summed E-state index contributed by atoms with van der Waals surface area (Å²) in [7, 11) is 2.05. The summed E-state index contributed by atoms with van der Waals surface area (Å²) in [4.78, 5) is 6.62. The largest absolute Gasteiger partial charge is 0.355 e. The summed E-state index contributed by atoms with van der Waals surface area (Å²) in [5.74, 6) is 1.00.